The fourth-order valence-corrected chi connectivity index (χ4v) is 4.32. The second-order valence-corrected chi connectivity index (χ2v) is 6.39. The largest absolute Gasteiger partial charge is 0.0674 e. The Balaban J connectivity index is 1.91. The van der Waals surface area contributed by atoms with Crippen molar-refractivity contribution in [2.75, 3.05) is 0 Å². The van der Waals surface area contributed by atoms with Gasteiger partial charge in [-0.05, 0) is 49.4 Å². The van der Waals surface area contributed by atoms with E-state index in [9.17, 15) is 0 Å². The predicted octanol–water partition coefficient (Wildman–Crippen LogP) is 5.97. The van der Waals surface area contributed by atoms with E-state index in [0.717, 1.165) is 0 Å². The second-order valence-electron chi connectivity index (χ2n) is 6.39. The first-order valence-corrected chi connectivity index (χ1v) is 8.05. The van der Waals surface area contributed by atoms with Crippen LogP contribution >= 0.6 is 0 Å². The highest BCUT2D eigenvalue weighted by atomic mass is 14.3. The van der Waals surface area contributed by atoms with Crippen LogP contribution in [0.3, 0.4) is 0 Å². The van der Waals surface area contributed by atoms with Crippen molar-refractivity contribution >= 4 is 27.6 Å². The van der Waals surface area contributed by atoms with E-state index in [4.69, 9.17) is 0 Å². The van der Waals surface area contributed by atoms with Gasteiger partial charge >= 0.3 is 0 Å². The first-order chi connectivity index (χ1) is 11.4. The van der Waals surface area contributed by atoms with E-state index in [1.54, 1.807) is 0 Å². The van der Waals surface area contributed by atoms with Crippen molar-refractivity contribution in [2.45, 2.75) is 0 Å². The lowest BCUT2D eigenvalue weighted by Crippen LogP contribution is -2.11. The van der Waals surface area contributed by atoms with Crippen LogP contribution in [-0.4, -0.2) is 0 Å². The molecular weight excluding hydrogens is 276 g/mol. The Bertz CT molecular complexity index is 1160. The van der Waals surface area contributed by atoms with Gasteiger partial charge in [0.2, 0.25) is 0 Å². The summed E-state index contributed by atoms with van der Waals surface area (Å²) in [7, 11) is 0. The summed E-state index contributed by atoms with van der Waals surface area (Å²) in [5.41, 5.74) is 6.84. The third-order valence-corrected chi connectivity index (χ3v) is 5.26. The Labute approximate surface area is 134 Å². The number of hydrogen-bond acceptors (Lipinski definition) is 0. The first kappa shape index (κ1) is 11.7. The van der Waals surface area contributed by atoms with E-state index in [0.29, 0.717) is 0 Å². The molecule has 0 saturated heterocycles. The molecule has 4 aromatic carbocycles. The second kappa shape index (κ2) is 3.91. The minimum absolute atomic E-state index is 1.32. The Kier molecular flexibility index (Phi) is 1.98. The Morgan fingerprint density at radius 1 is 0.478 bits per heavy atom. The highest BCUT2D eigenvalue weighted by molar-refractivity contribution is 6.12. The van der Waals surface area contributed by atoms with E-state index < -0.39 is 0 Å². The van der Waals surface area contributed by atoms with Crippen LogP contribution in [0, 0.1) is 5.92 Å². The summed E-state index contributed by atoms with van der Waals surface area (Å²) in [4.78, 5) is 0. The monoisotopic (exact) mass is 289 g/mol. The molecule has 0 aromatic heterocycles. The quantitative estimate of drug-likeness (QED) is 0.374. The molecule has 0 bridgehead atoms. The number of fused-ring (bicyclic) bond motifs is 2. The van der Waals surface area contributed by atoms with Crippen LogP contribution in [0.25, 0.3) is 38.7 Å². The molecule has 2 aliphatic carbocycles. The smallest absolute Gasteiger partial charge is 0.0576 e. The van der Waals surface area contributed by atoms with Crippen LogP contribution in [0.5, 0.6) is 0 Å². The van der Waals surface area contributed by atoms with Crippen molar-refractivity contribution in [1.29, 1.82) is 0 Å². The van der Waals surface area contributed by atoms with E-state index in [1.165, 1.54) is 55.3 Å². The van der Waals surface area contributed by atoms with Gasteiger partial charge in [0, 0.05) is 0 Å². The summed E-state index contributed by atoms with van der Waals surface area (Å²) in [6.07, 6.45) is 4.56. The van der Waals surface area contributed by atoms with Crippen LogP contribution in [0.4, 0.5) is 0 Å². The highest BCUT2D eigenvalue weighted by Crippen LogP contribution is 2.50. The molecule has 1 radical (unpaired) electrons. The highest BCUT2D eigenvalue weighted by Gasteiger charge is 2.29. The minimum atomic E-state index is 1.32. The molecule has 4 aromatic rings. The molecule has 105 valence electrons. The van der Waals surface area contributed by atoms with Crippen molar-refractivity contribution in [1.82, 2.24) is 0 Å². The van der Waals surface area contributed by atoms with Crippen molar-refractivity contribution in [2.24, 2.45) is 0 Å². The molecule has 0 unspecified atom stereocenters. The lowest BCUT2D eigenvalue weighted by Gasteiger charge is -2.30. The van der Waals surface area contributed by atoms with E-state index >= 15 is 0 Å². The number of allylic oxidation sites excluding steroid dienone is 1. The van der Waals surface area contributed by atoms with E-state index in [2.05, 4.69) is 78.9 Å². The van der Waals surface area contributed by atoms with Gasteiger partial charge in [0.15, 0.2) is 0 Å². The lowest BCUT2D eigenvalue weighted by atomic mass is 9.72. The molecular formula is C23H13. The summed E-state index contributed by atoms with van der Waals surface area (Å²) in [6, 6.07) is 24.5. The standard InChI is InChI=1S/C23H13/c1-4-15-10-12-19-17-8-2-6-14-7-3-9-18(22(14)17)20-13-11-16(5-1)21(15)23(19)20/h1-13H. The topological polar surface area (TPSA) is 0 Å². The van der Waals surface area contributed by atoms with Crippen molar-refractivity contribution < 1.29 is 0 Å². The molecule has 0 heteroatoms. The van der Waals surface area contributed by atoms with E-state index in [-0.39, 0.29) is 0 Å². The van der Waals surface area contributed by atoms with Crippen LogP contribution in [0.1, 0.15) is 16.7 Å². The fraction of sp³-hybridized carbons (Fsp3) is 0. The van der Waals surface area contributed by atoms with Gasteiger partial charge in [-0.25, -0.2) is 0 Å². The zero-order valence-electron chi connectivity index (χ0n) is 12.5. The van der Waals surface area contributed by atoms with Gasteiger partial charge < -0.3 is 0 Å². The number of hydrogen-bond donors (Lipinski definition) is 0. The molecule has 23 heavy (non-hydrogen) atoms. The maximum absolute atomic E-state index is 2.30. The Morgan fingerprint density at radius 2 is 1.22 bits per heavy atom. The molecule has 0 heterocycles. The van der Waals surface area contributed by atoms with Crippen LogP contribution < -0.4 is 0 Å². The van der Waals surface area contributed by atoms with Crippen molar-refractivity contribution in [3.63, 3.8) is 0 Å². The fourth-order valence-electron chi connectivity index (χ4n) is 4.32. The maximum atomic E-state index is 2.30. The third-order valence-electron chi connectivity index (χ3n) is 5.26. The Hall–Kier alpha value is -2.86. The van der Waals surface area contributed by atoms with Gasteiger partial charge in [-0.2, -0.15) is 0 Å². The number of rotatable bonds is 0. The Morgan fingerprint density at radius 3 is 2.09 bits per heavy atom. The van der Waals surface area contributed by atoms with Gasteiger partial charge in [-0.15, -0.1) is 0 Å². The summed E-state index contributed by atoms with van der Waals surface area (Å²) in [5.74, 6) is 1.37. The minimum Gasteiger partial charge on any atom is -0.0674 e. The van der Waals surface area contributed by atoms with Crippen LogP contribution in [0.15, 0.2) is 72.8 Å². The predicted molar refractivity (Wildman–Crippen MR) is 97.4 cm³/mol. The molecule has 0 saturated carbocycles. The molecule has 0 fully saturated rings. The van der Waals surface area contributed by atoms with Gasteiger partial charge in [0.25, 0.3) is 0 Å². The molecule has 6 rings (SSSR count). The number of benzene rings is 4. The SMILES string of the molecule is C1=Cc2cccc3ccc4c(c23)[C]1c1cccc2cccc-4c12. The molecule has 0 spiro atoms. The average molecular weight is 289 g/mol. The zero-order valence-corrected chi connectivity index (χ0v) is 12.5. The maximum Gasteiger partial charge on any atom is 0.0576 e. The molecule has 0 atom stereocenters. The summed E-state index contributed by atoms with van der Waals surface area (Å²) in [5, 5.41) is 5.44. The van der Waals surface area contributed by atoms with Crippen LogP contribution in [0.2, 0.25) is 0 Å². The summed E-state index contributed by atoms with van der Waals surface area (Å²) < 4.78 is 0. The van der Waals surface area contributed by atoms with E-state index in [1.807, 2.05) is 0 Å². The molecule has 0 N–H and O–H groups in total. The third kappa shape index (κ3) is 1.33. The van der Waals surface area contributed by atoms with Crippen LogP contribution in [-0.2, 0) is 0 Å². The van der Waals surface area contributed by atoms with Crippen molar-refractivity contribution in [3.8, 4) is 11.1 Å². The van der Waals surface area contributed by atoms with Gasteiger partial charge in [-0.3, -0.25) is 0 Å². The van der Waals surface area contributed by atoms with Crippen molar-refractivity contribution in [3.05, 3.63) is 95.4 Å². The van der Waals surface area contributed by atoms with Gasteiger partial charge in [0.1, 0.15) is 0 Å². The lowest BCUT2D eigenvalue weighted by molar-refractivity contribution is 1.30. The zero-order chi connectivity index (χ0) is 15.0. The summed E-state index contributed by atoms with van der Waals surface area (Å²) in [6.45, 7) is 0. The summed E-state index contributed by atoms with van der Waals surface area (Å²) >= 11 is 0. The van der Waals surface area contributed by atoms with Gasteiger partial charge in [-0.1, -0.05) is 78.9 Å². The normalized spacial score (nSPS) is 14.6. The average Bonchev–Trinajstić information content (AvgIpc) is 2.62. The molecule has 2 aliphatic rings. The molecule has 0 nitrogen and oxygen atoms in total. The first-order valence-electron chi connectivity index (χ1n) is 8.05. The molecule has 0 aliphatic heterocycles. The molecule has 0 amide bonds. The van der Waals surface area contributed by atoms with Gasteiger partial charge in [0.05, 0.1) is 5.92 Å².